The minimum atomic E-state index is -0.503. The van der Waals surface area contributed by atoms with Crippen LogP contribution in [-0.4, -0.2) is 35.9 Å². The number of H-pyrrole nitrogens is 1. The molecule has 0 saturated carbocycles. The van der Waals surface area contributed by atoms with E-state index < -0.39 is 5.91 Å². The number of pyridine rings is 1. The summed E-state index contributed by atoms with van der Waals surface area (Å²) in [5.41, 5.74) is 0.498. The Morgan fingerprint density at radius 1 is 1.11 bits per heavy atom. The van der Waals surface area contributed by atoms with Gasteiger partial charge < -0.3 is 0 Å². The smallest absolute Gasteiger partial charge is 0.279 e. The summed E-state index contributed by atoms with van der Waals surface area (Å²) in [6.07, 6.45) is 1.64. The molecule has 0 spiro atoms. The van der Waals surface area contributed by atoms with Gasteiger partial charge in [-0.2, -0.15) is 10.1 Å². The summed E-state index contributed by atoms with van der Waals surface area (Å²) in [4.78, 5) is 33.9. The lowest BCUT2D eigenvalue weighted by atomic mass is 10.1. The highest BCUT2D eigenvalue weighted by Gasteiger charge is 2.19. The number of nitrogens with zero attached hydrogens (tertiary/aromatic N) is 5. The number of rotatable bonds is 4. The predicted octanol–water partition coefficient (Wildman–Crippen LogP) is 2.41. The van der Waals surface area contributed by atoms with Gasteiger partial charge in [-0.15, -0.1) is 5.10 Å². The number of aromatic amines is 1. The number of fused-ring (bicyclic) bond motifs is 1. The maximum atomic E-state index is 12.9. The largest absolute Gasteiger partial charge is 0.288 e. The normalized spacial score (nSPS) is 11.1. The zero-order valence-electron chi connectivity index (χ0n) is 15.2. The molecule has 4 rings (SSSR count). The second-order valence-electron chi connectivity index (χ2n) is 6.41. The van der Waals surface area contributed by atoms with Crippen LogP contribution in [0.15, 0.2) is 53.5 Å². The number of aromatic nitrogens is 6. The first-order chi connectivity index (χ1) is 13.5. The molecule has 0 saturated heterocycles. The van der Waals surface area contributed by atoms with Crippen LogP contribution >= 0.6 is 0 Å². The summed E-state index contributed by atoms with van der Waals surface area (Å²) in [7, 11) is 0. The van der Waals surface area contributed by atoms with E-state index in [1.807, 2.05) is 19.9 Å². The number of hydrogen-bond acceptors (Lipinski definition) is 6. The van der Waals surface area contributed by atoms with Crippen molar-refractivity contribution in [1.29, 1.82) is 0 Å². The number of anilines is 1. The minimum Gasteiger partial charge on any atom is -0.288 e. The first kappa shape index (κ1) is 17.5. The Balaban J connectivity index is 1.71. The molecule has 0 radical (unpaired) electrons. The zero-order chi connectivity index (χ0) is 19.7. The Labute approximate surface area is 159 Å². The molecule has 1 amide bonds. The van der Waals surface area contributed by atoms with Gasteiger partial charge in [-0.25, -0.2) is 4.68 Å². The minimum absolute atomic E-state index is 0.0961. The SMILES string of the molecule is CC(C)n1nc(C(=O)Nc2n[nH]c(-c3ccccn3)n2)c2ccccc2c1=O. The summed E-state index contributed by atoms with van der Waals surface area (Å²) >= 11 is 0. The summed E-state index contributed by atoms with van der Waals surface area (Å²) in [6, 6.07) is 12.1. The number of hydrogen-bond donors (Lipinski definition) is 2. The second kappa shape index (κ2) is 7.03. The maximum Gasteiger partial charge on any atom is 0.279 e. The molecule has 28 heavy (non-hydrogen) atoms. The summed E-state index contributed by atoms with van der Waals surface area (Å²) < 4.78 is 1.30. The zero-order valence-corrected chi connectivity index (χ0v) is 15.2. The number of benzene rings is 1. The lowest BCUT2D eigenvalue weighted by Gasteiger charge is -2.12. The molecule has 0 aliphatic rings. The van der Waals surface area contributed by atoms with Crippen molar-refractivity contribution < 1.29 is 4.79 Å². The number of carbonyl (C=O) groups is 1. The van der Waals surface area contributed by atoms with Crippen molar-refractivity contribution in [2.45, 2.75) is 19.9 Å². The van der Waals surface area contributed by atoms with Crippen LogP contribution < -0.4 is 10.9 Å². The second-order valence-corrected chi connectivity index (χ2v) is 6.41. The molecule has 9 nitrogen and oxygen atoms in total. The van der Waals surface area contributed by atoms with Gasteiger partial charge in [0.05, 0.1) is 11.4 Å². The Morgan fingerprint density at radius 2 is 1.86 bits per heavy atom. The molecule has 0 bridgehead atoms. The Hall–Kier alpha value is -3.88. The van der Waals surface area contributed by atoms with Crippen LogP contribution in [0.3, 0.4) is 0 Å². The van der Waals surface area contributed by atoms with Gasteiger partial charge in [0, 0.05) is 11.6 Å². The van der Waals surface area contributed by atoms with Gasteiger partial charge in [0.2, 0.25) is 5.95 Å². The Morgan fingerprint density at radius 3 is 2.57 bits per heavy atom. The highest BCUT2D eigenvalue weighted by Crippen LogP contribution is 2.17. The van der Waals surface area contributed by atoms with Crippen LogP contribution in [0.4, 0.5) is 5.95 Å². The fourth-order valence-electron chi connectivity index (χ4n) is 2.82. The first-order valence-corrected chi connectivity index (χ1v) is 8.71. The molecule has 9 heteroatoms. The van der Waals surface area contributed by atoms with Crippen molar-refractivity contribution in [3.63, 3.8) is 0 Å². The molecular weight excluding hydrogens is 358 g/mol. The third kappa shape index (κ3) is 3.13. The molecule has 0 atom stereocenters. The van der Waals surface area contributed by atoms with Crippen LogP contribution in [0.2, 0.25) is 0 Å². The van der Waals surface area contributed by atoms with Crippen molar-refractivity contribution in [2.75, 3.05) is 5.32 Å². The quantitative estimate of drug-likeness (QED) is 0.565. The number of amides is 1. The van der Waals surface area contributed by atoms with Gasteiger partial charge in [0.15, 0.2) is 11.5 Å². The van der Waals surface area contributed by atoms with E-state index in [1.54, 1.807) is 42.6 Å². The van der Waals surface area contributed by atoms with Crippen LogP contribution in [-0.2, 0) is 0 Å². The fraction of sp³-hybridized carbons (Fsp3) is 0.158. The molecule has 2 N–H and O–H groups in total. The highest BCUT2D eigenvalue weighted by atomic mass is 16.2. The van der Waals surface area contributed by atoms with Crippen molar-refractivity contribution in [1.82, 2.24) is 29.9 Å². The predicted molar refractivity (Wildman–Crippen MR) is 104 cm³/mol. The van der Waals surface area contributed by atoms with E-state index in [0.717, 1.165) is 0 Å². The van der Waals surface area contributed by atoms with E-state index >= 15 is 0 Å². The average Bonchev–Trinajstić information content (AvgIpc) is 3.17. The molecule has 0 aliphatic carbocycles. The molecule has 0 fully saturated rings. The third-order valence-electron chi connectivity index (χ3n) is 4.15. The van der Waals surface area contributed by atoms with Gasteiger partial charge in [-0.1, -0.05) is 24.3 Å². The van der Waals surface area contributed by atoms with Crippen LogP contribution in [0.5, 0.6) is 0 Å². The Bertz CT molecular complexity index is 1210. The molecular formula is C19H17N7O2. The van der Waals surface area contributed by atoms with E-state index in [0.29, 0.717) is 22.3 Å². The first-order valence-electron chi connectivity index (χ1n) is 8.71. The van der Waals surface area contributed by atoms with Crippen LogP contribution in [0, 0.1) is 0 Å². The van der Waals surface area contributed by atoms with E-state index in [4.69, 9.17) is 0 Å². The third-order valence-corrected chi connectivity index (χ3v) is 4.15. The summed E-state index contributed by atoms with van der Waals surface area (Å²) in [5, 5.41) is 14.6. The van der Waals surface area contributed by atoms with Gasteiger partial charge in [0.25, 0.3) is 11.5 Å². The van der Waals surface area contributed by atoms with Gasteiger partial charge in [0.1, 0.15) is 5.69 Å². The standard InChI is InChI=1S/C19H17N7O2/c1-11(2)26-18(28)13-8-4-3-7-12(13)15(25-26)17(27)22-19-21-16(23-24-19)14-9-5-6-10-20-14/h3-11H,1-2H3,(H2,21,22,23,24,27). The van der Waals surface area contributed by atoms with E-state index in [9.17, 15) is 9.59 Å². The number of nitrogens with one attached hydrogen (secondary N) is 2. The Kier molecular flexibility index (Phi) is 4.40. The van der Waals surface area contributed by atoms with E-state index in [1.165, 1.54) is 4.68 Å². The van der Waals surface area contributed by atoms with Crippen molar-refractivity contribution in [2.24, 2.45) is 0 Å². The molecule has 4 aromatic rings. The monoisotopic (exact) mass is 375 g/mol. The van der Waals surface area contributed by atoms with Crippen LogP contribution in [0.1, 0.15) is 30.4 Å². The lowest BCUT2D eigenvalue weighted by molar-refractivity contribution is 0.102. The van der Waals surface area contributed by atoms with Crippen molar-refractivity contribution in [3.05, 3.63) is 64.7 Å². The van der Waals surface area contributed by atoms with Gasteiger partial charge in [-0.3, -0.25) is 25.0 Å². The van der Waals surface area contributed by atoms with Crippen molar-refractivity contribution in [3.8, 4) is 11.5 Å². The number of carbonyl (C=O) groups excluding carboxylic acids is 1. The maximum absolute atomic E-state index is 12.9. The highest BCUT2D eigenvalue weighted by molar-refractivity contribution is 6.10. The molecule has 140 valence electrons. The molecule has 3 heterocycles. The summed E-state index contributed by atoms with van der Waals surface area (Å²) in [5.74, 6) is 0.0249. The van der Waals surface area contributed by atoms with Crippen molar-refractivity contribution >= 4 is 22.6 Å². The fourth-order valence-corrected chi connectivity index (χ4v) is 2.82. The van der Waals surface area contributed by atoms with E-state index in [2.05, 4.69) is 30.6 Å². The lowest BCUT2D eigenvalue weighted by Crippen LogP contribution is -2.29. The van der Waals surface area contributed by atoms with E-state index in [-0.39, 0.29) is 23.2 Å². The molecule has 0 unspecified atom stereocenters. The average molecular weight is 375 g/mol. The van der Waals surface area contributed by atoms with Gasteiger partial charge >= 0.3 is 0 Å². The topological polar surface area (TPSA) is 118 Å². The molecule has 1 aromatic carbocycles. The summed E-state index contributed by atoms with van der Waals surface area (Å²) in [6.45, 7) is 3.67. The molecule has 3 aromatic heterocycles. The molecule has 0 aliphatic heterocycles. The van der Waals surface area contributed by atoms with Crippen LogP contribution in [0.25, 0.3) is 22.3 Å². The van der Waals surface area contributed by atoms with Gasteiger partial charge in [-0.05, 0) is 32.0 Å².